The van der Waals surface area contributed by atoms with E-state index in [0.717, 1.165) is 65.7 Å². The number of benzene rings is 15. The highest BCUT2D eigenvalue weighted by atomic mass is 16.7. The van der Waals surface area contributed by atoms with Crippen molar-refractivity contribution in [3.05, 3.63) is 253 Å². The lowest BCUT2D eigenvalue weighted by Gasteiger charge is -2.40. The fourth-order valence-electron chi connectivity index (χ4n) is 13.2. The topological polar surface area (TPSA) is 97.4 Å². The van der Waals surface area contributed by atoms with E-state index in [1.807, 2.05) is 36.4 Å². The summed E-state index contributed by atoms with van der Waals surface area (Å²) < 4.78 is 30.9. The van der Waals surface area contributed by atoms with Gasteiger partial charge in [0.2, 0.25) is 0 Å². The van der Waals surface area contributed by atoms with Crippen molar-refractivity contribution in [1.82, 2.24) is 0 Å². The molecule has 0 saturated carbocycles. The lowest BCUT2D eigenvalue weighted by molar-refractivity contribution is -0.260. The number of rotatable bonds is 10. The van der Waals surface area contributed by atoms with E-state index in [4.69, 9.17) is 23.7 Å². The highest BCUT2D eigenvalue weighted by Crippen LogP contribution is 2.43. The molecule has 1 fully saturated rings. The predicted molar refractivity (Wildman–Crippen MR) is 331 cm³/mol. The zero-order valence-corrected chi connectivity index (χ0v) is 44.8. The van der Waals surface area contributed by atoms with Crippen LogP contribution in [-0.4, -0.2) is 56.2 Å². The maximum absolute atomic E-state index is 14.6. The lowest BCUT2D eigenvalue weighted by atomic mass is 9.90. The molecule has 0 aromatic heterocycles. The first-order valence-corrected chi connectivity index (χ1v) is 27.9. The normalized spacial score (nSPS) is 16.6. The van der Waals surface area contributed by atoms with Gasteiger partial charge in [-0.3, -0.25) is 0 Å². The van der Waals surface area contributed by atoms with Gasteiger partial charge < -0.3 is 23.7 Å². The maximum atomic E-state index is 14.6. The van der Waals surface area contributed by atoms with Gasteiger partial charge in [0.15, 0.2) is 24.6 Å². The van der Waals surface area contributed by atoms with Gasteiger partial charge in [-0.2, -0.15) is 0 Å². The van der Waals surface area contributed by atoms with E-state index in [1.54, 1.807) is 36.4 Å². The van der Waals surface area contributed by atoms with Crippen molar-refractivity contribution < 1.29 is 38.1 Å². The summed E-state index contributed by atoms with van der Waals surface area (Å²) in [6.07, 6.45) is -5.14. The molecule has 0 unspecified atom stereocenters. The first kappa shape index (κ1) is 48.6. The molecular formula is C75H48O8. The molecule has 0 spiro atoms. The molecule has 15 aromatic rings. The third-order valence-electron chi connectivity index (χ3n) is 17.2. The van der Waals surface area contributed by atoms with Crippen molar-refractivity contribution in [2.24, 2.45) is 0 Å². The van der Waals surface area contributed by atoms with Crippen LogP contribution in [0.25, 0.3) is 130 Å². The Morgan fingerprint density at radius 3 is 0.952 bits per heavy atom. The van der Waals surface area contributed by atoms with Gasteiger partial charge in [-0.25, -0.2) is 14.4 Å². The van der Waals surface area contributed by atoms with E-state index >= 15 is 0 Å². The molecule has 0 bridgehead atoms. The number of ether oxygens (including phenoxy) is 5. The second-order valence-electron chi connectivity index (χ2n) is 21.8. The van der Waals surface area contributed by atoms with Crippen molar-refractivity contribution in [2.75, 3.05) is 13.7 Å². The van der Waals surface area contributed by atoms with Gasteiger partial charge in [0.25, 0.3) is 0 Å². The summed E-state index contributed by atoms with van der Waals surface area (Å²) in [4.78, 5) is 43.4. The van der Waals surface area contributed by atoms with E-state index in [1.165, 1.54) is 71.7 Å². The quantitative estimate of drug-likeness (QED) is 0.0759. The average Bonchev–Trinajstić information content (AvgIpc) is 3.73. The zero-order valence-electron chi connectivity index (χ0n) is 44.8. The number of methoxy groups -OCH3 is 1. The minimum Gasteiger partial charge on any atom is -0.452 e. The monoisotopic (exact) mass is 1080 g/mol. The Labute approximate surface area is 475 Å². The van der Waals surface area contributed by atoms with Crippen molar-refractivity contribution in [3.63, 3.8) is 0 Å². The highest BCUT2D eigenvalue weighted by molar-refractivity contribution is 6.28. The molecule has 0 radical (unpaired) electrons. The Balaban J connectivity index is 0.705. The van der Waals surface area contributed by atoms with Gasteiger partial charge in [-0.15, -0.1) is 0 Å². The summed E-state index contributed by atoms with van der Waals surface area (Å²) in [5, 5.41) is 21.1. The molecule has 1 aliphatic rings. The van der Waals surface area contributed by atoms with Crippen LogP contribution in [-0.2, 0) is 23.7 Å². The van der Waals surface area contributed by atoms with Crippen LogP contribution in [0.3, 0.4) is 0 Å². The lowest BCUT2D eigenvalue weighted by Crippen LogP contribution is -2.58. The standard InChI is InChI=1S/C75H48O8/c1-79-75-71(83-74(78)56-27-15-44(16-28-56)59-37-31-53-22-19-47-7-4-10-50-34-40-62(59)69(53)66(47)50)70(82-73(77)55-25-13-43(14-26-55)58-36-30-52-21-18-46-6-3-9-49-33-39-61(58)68(52)65(46)49)63(41-80-75)81-72(76)54-23-11-42(12-24-54)57-35-29-51-20-17-45-5-2-8-48-32-38-60(57)67(51)64(45)48/h2-40,63,70-71,75H,41H2,1H3/t63-,70+,71-,75-/m1/s1. The Morgan fingerprint density at radius 1 is 0.325 bits per heavy atom. The molecule has 15 aromatic carbocycles. The Bertz CT molecular complexity index is 5020. The molecule has 0 N–H and O–H groups in total. The molecule has 4 atom stereocenters. The molecule has 1 heterocycles. The van der Waals surface area contributed by atoms with E-state index in [-0.39, 0.29) is 23.3 Å². The number of esters is 3. The highest BCUT2D eigenvalue weighted by Gasteiger charge is 2.48. The molecule has 1 aliphatic heterocycles. The van der Waals surface area contributed by atoms with Gasteiger partial charge in [-0.1, -0.05) is 200 Å². The molecule has 16 rings (SSSR count). The second kappa shape index (κ2) is 19.2. The van der Waals surface area contributed by atoms with Crippen LogP contribution >= 0.6 is 0 Å². The summed E-state index contributed by atoms with van der Waals surface area (Å²) in [7, 11) is 1.42. The largest absolute Gasteiger partial charge is 0.452 e. The zero-order chi connectivity index (χ0) is 55.4. The third-order valence-corrected chi connectivity index (χ3v) is 17.2. The smallest absolute Gasteiger partial charge is 0.338 e. The fourth-order valence-corrected chi connectivity index (χ4v) is 13.2. The predicted octanol–water partition coefficient (Wildman–Crippen LogP) is 17.4. The summed E-state index contributed by atoms with van der Waals surface area (Å²) in [6, 6.07) is 79.5. The Kier molecular flexibility index (Phi) is 11.3. The summed E-state index contributed by atoms with van der Waals surface area (Å²) in [5.41, 5.74) is 6.60. The number of hydrogen-bond acceptors (Lipinski definition) is 8. The van der Waals surface area contributed by atoms with Gasteiger partial charge in [0, 0.05) is 7.11 Å². The summed E-state index contributed by atoms with van der Waals surface area (Å²) in [6.45, 7) is -0.224. The first-order chi connectivity index (χ1) is 40.8. The van der Waals surface area contributed by atoms with Crippen LogP contribution in [0.4, 0.5) is 0 Å². The van der Waals surface area contributed by atoms with Crippen LogP contribution in [0.5, 0.6) is 0 Å². The van der Waals surface area contributed by atoms with Crippen molar-refractivity contribution >= 4 is 115 Å². The van der Waals surface area contributed by atoms with Gasteiger partial charge >= 0.3 is 17.9 Å². The average molecular weight is 1080 g/mol. The van der Waals surface area contributed by atoms with Gasteiger partial charge in [0.1, 0.15) is 0 Å². The van der Waals surface area contributed by atoms with Gasteiger partial charge in [-0.05, 0) is 167 Å². The maximum Gasteiger partial charge on any atom is 0.338 e. The van der Waals surface area contributed by atoms with Crippen molar-refractivity contribution in [2.45, 2.75) is 24.6 Å². The van der Waals surface area contributed by atoms with Crippen LogP contribution < -0.4 is 0 Å². The van der Waals surface area contributed by atoms with Crippen LogP contribution in [0.1, 0.15) is 31.1 Å². The fraction of sp³-hybridized carbons (Fsp3) is 0.0800. The SMILES string of the molecule is CO[C@@H]1OC[C@@H](OC(=O)c2ccc(-c3ccc4ccc5cccc6ccc3c4c56)cc2)[C@H](OC(=O)c2ccc(-c3ccc4ccc5cccc6ccc3c4c56)cc2)[C@H]1OC(=O)c1ccc(-c2ccc3ccc4cccc5ccc2c3c45)cc1. The van der Waals surface area contributed by atoms with E-state index in [9.17, 15) is 14.4 Å². The second-order valence-corrected chi connectivity index (χ2v) is 21.8. The Hall–Kier alpha value is -10.3. The van der Waals surface area contributed by atoms with Crippen molar-refractivity contribution in [1.29, 1.82) is 0 Å². The van der Waals surface area contributed by atoms with Crippen LogP contribution in [0, 0.1) is 0 Å². The Morgan fingerprint density at radius 2 is 0.614 bits per heavy atom. The number of hydrogen-bond donors (Lipinski definition) is 0. The van der Waals surface area contributed by atoms with Crippen molar-refractivity contribution in [3.8, 4) is 33.4 Å². The molecule has 83 heavy (non-hydrogen) atoms. The molecule has 1 saturated heterocycles. The van der Waals surface area contributed by atoms with E-state index in [0.29, 0.717) is 0 Å². The molecule has 396 valence electrons. The minimum absolute atomic E-state index is 0.224. The van der Waals surface area contributed by atoms with Gasteiger partial charge in [0.05, 0.1) is 23.3 Å². The molecule has 8 nitrogen and oxygen atoms in total. The molecule has 0 amide bonds. The molecular weight excluding hydrogens is 1030 g/mol. The molecule has 0 aliphatic carbocycles. The number of carbonyl (C=O) groups is 3. The van der Waals surface area contributed by atoms with E-state index < -0.39 is 42.5 Å². The van der Waals surface area contributed by atoms with Crippen LogP contribution in [0.2, 0.25) is 0 Å². The minimum atomic E-state index is -1.37. The summed E-state index contributed by atoms with van der Waals surface area (Å²) >= 11 is 0. The first-order valence-electron chi connectivity index (χ1n) is 27.9. The van der Waals surface area contributed by atoms with E-state index in [2.05, 4.69) is 164 Å². The summed E-state index contributed by atoms with van der Waals surface area (Å²) in [5.74, 6) is -2.11. The number of carbonyl (C=O) groups excluding carboxylic acids is 3. The molecule has 8 heteroatoms. The third kappa shape index (κ3) is 7.93. The van der Waals surface area contributed by atoms with Crippen LogP contribution in [0.15, 0.2) is 237 Å².